The second kappa shape index (κ2) is 10.6. The molecule has 1 heterocycles. The summed E-state index contributed by atoms with van der Waals surface area (Å²) < 4.78 is 16.1. The average Bonchev–Trinajstić information content (AvgIpc) is 3.04. The minimum absolute atomic E-state index is 0.0773. The highest BCUT2D eigenvalue weighted by molar-refractivity contribution is 6.09. The second-order valence-corrected chi connectivity index (χ2v) is 7.21. The van der Waals surface area contributed by atoms with Gasteiger partial charge in [0.05, 0.1) is 33.1 Å². The molecule has 31 heavy (non-hydrogen) atoms. The first-order chi connectivity index (χ1) is 15.1. The lowest BCUT2D eigenvalue weighted by Crippen LogP contribution is -2.20. The number of phenols is 1. The lowest BCUT2D eigenvalue weighted by atomic mass is 10.0. The van der Waals surface area contributed by atoms with E-state index in [1.54, 1.807) is 26.4 Å². The summed E-state index contributed by atoms with van der Waals surface area (Å²) in [6.45, 7) is 2.16. The van der Waals surface area contributed by atoms with E-state index < -0.39 is 0 Å². The summed E-state index contributed by atoms with van der Waals surface area (Å²) in [5.74, 6) is 2.75. The quantitative estimate of drug-likeness (QED) is 0.585. The van der Waals surface area contributed by atoms with Gasteiger partial charge in [0.25, 0.3) is 0 Å². The monoisotopic (exact) mass is 422 g/mol. The van der Waals surface area contributed by atoms with Gasteiger partial charge in [0.2, 0.25) is 0 Å². The highest BCUT2D eigenvalue weighted by Crippen LogP contribution is 2.32. The number of benzene rings is 2. The first-order valence-corrected chi connectivity index (χ1v) is 10.4. The van der Waals surface area contributed by atoms with Gasteiger partial charge in [-0.25, -0.2) is 4.99 Å². The lowest BCUT2D eigenvalue weighted by Gasteiger charge is -2.21. The number of phenolic OH excluding ortho intramolecular Hbond substituents is 1. The summed E-state index contributed by atoms with van der Waals surface area (Å²) in [7, 11) is 4.82. The minimum Gasteiger partial charge on any atom is -0.504 e. The summed E-state index contributed by atoms with van der Waals surface area (Å²) >= 11 is 0. The van der Waals surface area contributed by atoms with E-state index in [9.17, 15) is 5.11 Å². The molecule has 3 rings (SSSR count). The van der Waals surface area contributed by atoms with E-state index >= 15 is 0 Å². The Kier molecular flexibility index (Phi) is 7.60. The molecule has 1 unspecified atom stereocenters. The maximum absolute atomic E-state index is 9.90. The number of nitrogens with zero attached hydrogens (tertiary/aromatic N) is 1. The van der Waals surface area contributed by atoms with Gasteiger partial charge in [-0.1, -0.05) is 25.5 Å². The molecule has 2 aromatic carbocycles. The highest BCUT2D eigenvalue weighted by atomic mass is 16.5. The number of hydrogen-bond acceptors (Lipinski definition) is 6. The van der Waals surface area contributed by atoms with Crippen LogP contribution >= 0.6 is 0 Å². The van der Waals surface area contributed by atoms with Gasteiger partial charge in [0.1, 0.15) is 5.82 Å². The van der Waals surface area contributed by atoms with Crippen LogP contribution in [0, 0.1) is 0 Å². The molecule has 2 aromatic rings. The van der Waals surface area contributed by atoms with Crippen LogP contribution in [0.4, 0.5) is 0 Å². The van der Waals surface area contributed by atoms with E-state index in [0.29, 0.717) is 17.2 Å². The molecule has 2 N–H and O–H groups in total. The van der Waals surface area contributed by atoms with Crippen LogP contribution in [0.2, 0.25) is 0 Å². The fourth-order valence-corrected chi connectivity index (χ4v) is 3.52. The molecule has 0 radical (unpaired) electrons. The molecule has 1 aliphatic heterocycles. The number of allylic oxidation sites excluding steroid dienone is 3. The van der Waals surface area contributed by atoms with E-state index in [1.165, 1.54) is 7.11 Å². The van der Waals surface area contributed by atoms with Crippen LogP contribution in [-0.4, -0.2) is 32.1 Å². The largest absolute Gasteiger partial charge is 0.504 e. The summed E-state index contributed by atoms with van der Waals surface area (Å²) in [4.78, 5) is 4.86. The Balaban J connectivity index is 1.89. The molecule has 0 spiro atoms. The van der Waals surface area contributed by atoms with Crippen LogP contribution in [0.1, 0.15) is 43.4 Å². The van der Waals surface area contributed by atoms with Gasteiger partial charge in [0, 0.05) is 5.56 Å². The summed E-state index contributed by atoms with van der Waals surface area (Å²) in [5.41, 5.74) is 2.79. The molecule has 0 fully saturated rings. The van der Waals surface area contributed by atoms with Crippen molar-refractivity contribution < 1.29 is 19.3 Å². The summed E-state index contributed by atoms with van der Waals surface area (Å²) in [6, 6.07) is 11.3. The van der Waals surface area contributed by atoms with Crippen LogP contribution in [0.3, 0.4) is 0 Å². The first kappa shape index (κ1) is 22.3. The van der Waals surface area contributed by atoms with Gasteiger partial charge in [-0.3, -0.25) is 0 Å². The van der Waals surface area contributed by atoms with Crippen molar-refractivity contribution in [2.24, 2.45) is 4.99 Å². The minimum atomic E-state index is 0.0773. The van der Waals surface area contributed by atoms with Crippen molar-refractivity contribution >= 4 is 5.71 Å². The number of rotatable bonds is 9. The van der Waals surface area contributed by atoms with E-state index in [1.807, 2.05) is 24.3 Å². The van der Waals surface area contributed by atoms with E-state index in [2.05, 4.69) is 30.5 Å². The molecule has 1 atom stereocenters. The molecule has 0 amide bonds. The number of methoxy groups -OCH3 is 3. The second-order valence-electron chi connectivity index (χ2n) is 7.21. The van der Waals surface area contributed by atoms with E-state index in [-0.39, 0.29) is 11.8 Å². The first-order valence-electron chi connectivity index (χ1n) is 10.4. The van der Waals surface area contributed by atoms with E-state index in [4.69, 9.17) is 19.2 Å². The molecular formula is C25H30N2O4. The fraction of sp³-hybridized carbons (Fsp3) is 0.320. The van der Waals surface area contributed by atoms with Gasteiger partial charge in [-0.05, 0) is 60.9 Å². The number of aromatic hydroxyl groups is 1. The zero-order valence-electron chi connectivity index (χ0n) is 18.5. The Bertz CT molecular complexity index is 995. The zero-order chi connectivity index (χ0) is 22.2. The van der Waals surface area contributed by atoms with Crippen molar-refractivity contribution in [1.29, 1.82) is 0 Å². The van der Waals surface area contributed by atoms with Crippen LogP contribution in [0.25, 0.3) is 0 Å². The highest BCUT2D eigenvalue weighted by Gasteiger charge is 2.16. The average molecular weight is 423 g/mol. The van der Waals surface area contributed by atoms with Crippen molar-refractivity contribution in [2.75, 3.05) is 21.3 Å². The SMILES string of the molecule is CCCC(NC1=CCC=CC(c2ccc(O)c(OC)c2)=N1)c1ccc(OC)c(OC)c1. The van der Waals surface area contributed by atoms with Crippen LogP contribution < -0.4 is 19.5 Å². The molecule has 6 nitrogen and oxygen atoms in total. The Morgan fingerprint density at radius 1 is 1.00 bits per heavy atom. The third-order valence-corrected chi connectivity index (χ3v) is 5.15. The fourth-order valence-electron chi connectivity index (χ4n) is 3.52. The van der Waals surface area contributed by atoms with Crippen molar-refractivity contribution in [3.05, 3.63) is 71.6 Å². The topological polar surface area (TPSA) is 72.3 Å². The lowest BCUT2D eigenvalue weighted by molar-refractivity contribution is 0.353. The Morgan fingerprint density at radius 3 is 2.48 bits per heavy atom. The van der Waals surface area contributed by atoms with Crippen LogP contribution in [0.5, 0.6) is 23.0 Å². The Morgan fingerprint density at radius 2 is 1.77 bits per heavy atom. The molecular weight excluding hydrogens is 392 g/mol. The van der Waals surface area contributed by atoms with Crippen LogP contribution in [-0.2, 0) is 0 Å². The Hall–Kier alpha value is -3.41. The predicted molar refractivity (Wildman–Crippen MR) is 123 cm³/mol. The molecule has 6 heteroatoms. The third-order valence-electron chi connectivity index (χ3n) is 5.15. The standard InChI is InChI=1S/C25H30N2O4/c1-5-8-19(18-12-14-22(29-2)24(16-18)31-4)26-25-10-7-6-9-20(27-25)17-11-13-21(28)23(15-17)30-3/h6,9-16,19,26,28H,5,7-8H2,1-4H3. The van der Waals surface area contributed by atoms with Gasteiger partial charge < -0.3 is 24.6 Å². The van der Waals surface area contributed by atoms with Crippen molar-refractivity contribution in [3.63, 3.8) is 0 Å². The molecule has 0 bridgehead atoms. The van der Waals surface area contributed by atoms with E-state index in [0.717, 1.165) is 41.9 Å². The van der Waals surface area contributed by atoms with Crippen LogP contribution in [0.15, 0.2) is 65.4 Å². The normalized spacial score (nSPS) is 14.2. The molecule has 1 aliphatic rings. The van der Waals surface area contributed by atoms with Gasteiger partial charge in [-0.15, -0.1) is 0 Å². The number of ether oxygens (including phenoxy) is 3. The zero-order valence-corrected chi connectivity index (χ0v) is 18.5. The maximum Gasteiger partial charge on any atom is 0.161 e. The molecule has 0 aromatic heterocycles. The third kappa shape index (κ3) is 5.40. The van der Waals surface area contributed by atoms with Crippen molar-refractivity contribution in [2.45, 2.75) is 32.2 Å². The number of hydrogen-bond donors (Lipinski definition) is 2. The van der Waals surface area contributed by atoms with Gasteiger partial charge in [-0.2, -0.15) is 0 Å². The number of nitrogens with one attached hydrogen (secondary N) is 1. The molecule has 0 saturated carbocycles. The molecule has 164 valence electrons. The maximum atomic E-state index is 9.90. The summed E-state index contributed by atoms with van der Waals surface area (Å²) in [6.07, 6.45) is 8.86. The predicted octanol–water partition coefficient (Wildman–Crippen LogP) is 5.14. The Labute approximate surface area is 183 Å². The van der Waals surface area contributed by atoms with Crippen molar-refractivity contribution in [3.8, 4) is 23.0 Å². The summed E-state index contributed by atoms with van der Waals surface area (Å²) in [5, 5.41) is 13.5. The number of aliphatic imine (C=N–C) groups is 1. The van der Waals surface area contributed by atoms with Gasteiger partial charge >= 0.3 is 0 Å². The van der Waals surface area contributed by atoms with Gasteiger partial charge in [0.15, 0.2) is 23.0 Å². The molecule has 0 aliphatic carbocycles. The molecule has 0 saturated heterocycles. The van der Waals surface area contributed by atoms with Crippen molar-refractivity contribution in [1.82, 2.24) is 5.32 Å². The smallest absolute Gasteiger partial charge is 0.161 e.